The molecule has 27 heavy (non-hydrogen) atoms. The topological polar surface area (TPSA) is 134 Å². The number of amides is 3. The number of halogens is 1. The highest BCUT2D eigenvalue weighted by Crippen LogP contribution is 2.24. The highest BCUT2D eigenvalue weighted by atomic mass is 32.1. The average Bonchev–Trinajstić information content (AvgIpc) is 3.06. The van der Waals surface area contributed by atoms with Gasteiger partial charge in [-0.05, 0) is 37.1 Å². The Kier molecular flexibility index (Phi) is 7.24. The van der Waals surface area contributed by atoms with Gasteiger partial charge in [0.1, 0.15) is 16.9 Å². The molecule has 1 aromatic heterocycles. The van der Waals surface area contributed by atoms with E-state index < -0.39 is 23.9 Å². The molecule has 2 aromatic rings. The Balaban J connectivity index is 1.88. The average molecular weight is 394 g/mol. The molecule has 8 nitrogen and oxygen atoms in total. The molecule has 144 valence electrons. The van der Waals surface area contributed by atoms with Crippen molar-refractivity contribution in [2.75, 3.05) is 6.54 Å². The summed E-state index contributed by atoms with van der Waals surface area (Å²) in [6, 6.07) is 4.09. The summed E-state index contributed by atoms with van der Waals surface area (Å²) < 4.78 is 13.0. The van der Waals surface area contributed by atoms with E-state index in [9.17, 15) is 23.9 Å². The normalized spacial score (nSPS) is 11.6. The summed E-state index contributed by atoms with van der Waals surface area (Å²) in [7, 11) is 0. The Morgan fingerprint density at radius 2 is 1.96 bits per heavy atom. The maximum absolute atomic E-state index is 13.0. The van der Waals surface area contributed by atoms with Crippen molar-refractivity contribution in [3.63, 3.8) is 0 Å². The molecular weight excluding hydrogens is 375 g/mol. The lowest BCUT2D eigenvalue weighted by Crippen LogP contribution is -2.42. The number of aromatic nitrogens is 1. The molecule has 0 spiro atoms. The number of benzene rings is 1. The van der Waals surface area contributed by atoms with E-state index in [4.69, 9.17) is 5.73 Å². The SMILES string of the molecule is NC(=O)NCCC[C@@H](NC(=O)Cc1csc(-c2ccc(F)cc2)n1)C(=O)O. The van der Waals surface area contributed by atoms with Crippen LogP contribution < -0.4 is 16.4 Å². The van der Waals surface area contributed by atoms with E-state index >= 15 is 0 Å². The van der Waals surface area contributed by atoms with Crippen LogP contribution in [0.2, 0.25) is 0 Å². The molecule has 0 unspecified atom stereocenters. The van der Waals surface area contributed by atoms with Crippen LogP contribution in [0.4, 0.5) is 9.18 Å². The van der Waals surface area contributed by atoms with Gasteiger partial charge in [0, 0.05) is 17.5 Å². The van der Waals surface area contributed by atoms with Gasteiger partial charge in [0.25, 0.3) is 0 Å². The van der Waals surface area contributed by atoms with Gasteiger partial charge in [-0.25, -0.2) is 19.0 Å². The zero-order chi connectivity index (χ0) is 19.8. The first-order valence-corrected chi connectivity index (χ1v) is 8.99. The highest BCUT2D eigenvalue weighted by molar-refractivity contribution is 7.13. The zero-order valence-electron chi connectivity index (χ0n) is 14.3. The molecule has 0 bridgehead atoms. The van der Waals surface area contributed by atoms with E-state index in [-0.39, 0.29) is 25.2 Å². The molecule has 5 N–H and O–H groups in total. The third kappa shape index (κ3) is 6.66. The molecule has 10 heteroatoms. The van der Waals surface area contributed by atoms with E-state index in [0.29, 0.717) is 17.1 Å². The lowest BCUT2D eigenvalue weighted by atomic mass is 10.1. The van der Waals surface area contributed by atoms with Crippen LogP contribution in [0.1, 0.15) is 18.5 Å². The molecule has 0 saturated heterocycles. The van der Waals surface area contributed by atoms with Gasteiger partial charge in [-0.15, -0.1) is 11.3 Å². The predicted octanol–water partition coefficient (Wildman–Crippen LogP) is 1.51. The standard InChI is InChI=1S/C17H19FN4O4S/c18-11-5-3-10(4-6-11)15-21-12(9-27-15)8-14(23)22-13(16(24)25)2-1-7-20-17(19)26/h3-6,9,13H,1-2,7-8H2,(H,22,23)(H,24,25)(H3,19,20,26)/t13-/m1/s1. The minimum atomic E-state index is -1.16. The van der Waals surface area contributed by atoms with E-state index in [0.717, 1.165) is 5.56 Å². The first-order valence-electron chi connectivity index (χ1n) is 8.11. The number of rotatable bonds is 9. The van der Waals surface area contributed by atoms with Gasteiger partial charge in [0.15, 0.2) is 0 Å². The molecule has 2 rings (SSSR count). The maximum atomic E-state index is 13.0. The minimum Gasteiger partial charge on any atom is -0.480 e. The zero-order valence-corrected chi connectivity index (χ0v) is 15.1. The van der Waals surface area contributed by atoms with Crippen LogP contribution in [0.25, 0.3) is 10.6 Å². The molecule has 0 saturated carbocycles. The van der Waals surface area contributed by atoms with Crippen LogP contribution in [0.5, 0.6) is 0 Å². The van der Waals surface area contributed by atoms with E-state index in [1.807, 2.05) is 0 Å². The molecule has 0 radical (unpaired) electrons. The Hall–Kier alpha value is -3.01. The molecule has 0 fully saturated rings. The predicted molar refractivity (Wildman–Crippen MR) is 97.6 cm³/mol. The van der Waals surface area contributed by atoms with E-state index in [1.54, 1.807) is 17.5 Å². The monoisotopic (exact) mass is 394 g/mol. The summed E-state index contributed by atoms with van der Waals surface area (Å²) in [4.78, 5) is 38.3. The van der Waals surface area contributed by atoms with Crippen molar-refractivity contribution >= 4 is 29.2 Å². The maximum Gasteiger partial charge on any atom is 0.326 e. The van der Waals surface area contributed by atoms with Crippen LogP contribution in [0, 0.1) is 5.82 Å². The van der Waals surface area contributed by atoms with Crippen molar-refractivity contribution in [1.82, 2.24) is 15.6 Å². The second kappa shape index (κ2) is 9.62. The number of primary amides is 1. The smallest absolute Gasteiger partial charge is 0.326 e. The second-order valence-corrected chi connectivity index (χ2v) is 6.58. The minimum absolute atomic E-state index is 0.0684. The number of nitrogens with two attached hydrogens (primary N) is 1. The number of hydrogen-bond donors (Lipinski definition) is 4. The van der Waals surface area contributed by atoms with Crippen molar-refractivity contribution in [2.45, 2.75) is 25.3 Å². The molecule has 0 aliphatic carbocycles. The van der Waals surface area contributed by atoms with E-state index in [2.05, 4.69) is 15.6 Å². The third-order valence-electron chi connectivity index (χ3n) is 3.59. The Labute approximate surface area is 158 Å². The number of carbonyl (C=O) groups excluding carboxylic acids is 2. The summed E-state index contributed by atoms with van der Waals surface area (Å²) in [5.74, 6) is -1.98. The molecule has 1 atom stereocenters. The number of carboxylic acids is 1. The van der Waals surface area contributed by atoms with Crippen molar-refractivity contribution in [2.24, 2.45) is 5.73 Å². The van der Waals surface area contributed by atoms with Gasteiger partial charge in [0.05, 0.1) is 12.1 Å². The lowest BCUT2D eigenvalue weighted by Gasteiger charge is -2.14. The van der Waals surface area contributed by atoms with Gasteiger partial charge >= 0.3 is 12.0 Å². The summed E-state index contributed by atoms with van der Waals surface area (Å²) in [6.45, 7) is 0.224. The summed E-state index contributed by atoms with van der Waals surface area (Å²) >= 11 is 1.31. The first-order chi connectivity index (χ1) is 12.8. The van der Waals surface area contributed by atoms with Gasteiger partial charge in [0.2, 0.25) is 5.91 Å². The fourth-order valence-corrected chi connectivity index (χ4v) is 3.12. The molecule has 1 heterocycles. The Morgan fingerprint density at radius 1 is 1.26 bits per heavy atom. The number of urea groups is 1. The van der Waals surface area contributed by atoms with Gasteiger partial charge in [-0.3, -0.25) is 4.79 Å². The van der Waals surface area contributed by atoms with Crippen LogP contribution in [0.15, 0.2) is 29.6 Å². The molecule has 0 aliphatic heterocycles. The van der Waals surface area contributed by atoms with Crippen molar-refractivity contribution in [3.8, 4) is 10.6 Å². The van der Waals surface area contributed by atoms with Gasteiger partial charge < -0.3 is 21.5 Å². The van der Waals surface area contributed by atoms with Gasteiger partial charge in [-0.1, -0.05) is 0 Å². The number of nitrogens with one attached hydrogen (secondary N) is 2. The summed E-state index contributed by atoms with van der Waals surface area (Å²) in [5, 5.41) is 16.3. The third-order valence-corrected chi connectivity index (χ3v) is 4.53. The summed E-state index contributed by atoms with van der Waals surface area (Å²) in [6.07, 6.45) is 0.436. The Morgan fingerprint density at radius 3 is 2.59 bits per heavy atom. The molecule has 3 amide bonds. The molecule has 1 aromatic carbocycles. The van der Waals surface area contributed by atoms with Crippen LogP contribution >= 0.6 is 11.3 Å². The largest absolute Gasteiger partial charge is 0.480 e. The van der Waals surface area contributed by atoms with Crippen LogP contribution in [-0.2, 0) is 16.0 Å². The number of aliphatic carboxylic acids is 1. The molecule has 0 aliphatic rings. The lowest BCUT2D eigenvalue weighted by molar-refractivity contribution is -0.141. The van der Waals surface area contributed by atoms with Crippen LogP contribution in [-0.4, -0.2) is 40.6 Å². The summed E-state index contributed by atoms with van der Waals surface area (Å²) in [5.41, 5.74) is 6.16. The van der Waals surface area contributed by atoms with E-state index in [1.165, 1.54) is 23.5 Å². The second-order valence-electron chi connectivity index (χ2n) is 5.72. The number of hydrogen-bond acceptors (Lipinski definition) is 5. The fraction of sp³-hybridized carbons (Fsp3) is 0.294. The first kappa shape index (κ1) is 20.3. The van der Waals surface area contributed by atoms with Crippen molar-refractivity contribution in [1.29, 1.82) is 0 Å². The Bertz CT molecular complexity index is 810. The number of nitrogens with zero attached hydrogens (tertiary/aromatic N) is 1. The van der Waals surface area contributed by atoms with Crippen molar-refractivity contribution < 1.29 is 23.9 Å². The number of carboxylic acid groups (broad SMARTS) is 1. The number of thiazole rings is 1. The van der Waals surface area contributed by atoms with Crippen molar-refractivity contribution in [3.05, 3.63) is 41.2 Å². The van der Waals surface area contributed by atoms with Gasteiger partial charge in [-0.2, -0.15) is 0 Å². The fourth-order valence-electron chi connectivity index (χ4n) is 2.30. The quantitative estimate of drug-likeness (QED) is 0.478. The van der Waals surface area contributed by atoms with Crippen LogP contribution in [0.3, 0.4) is 0 Å². The molecular formula is C17H19FN4O4S. The highest BCUT2D eigenvalue weighted by Gasteiger charge is 2.20. The number of carbonyl (C=O) groups is 3.